The van der Waals surface area contributed by atoms with Crippen LogP contribution in [0.1, 0.15) is 5.69 Å². The largest absolute Gasteiger partial charge is 0.363 e. The number of nitrogen functional groups attached to an aromatic ring is 1. The lowest BCUT2D eigenvalue weighted by Crippen LogP contribution is -2.16. The van der Waals surface area contributed by atoms with Gasteiger partial charge in [0.2, 0.25) is 5.95 Å². The first-order valence-corrected chi connectivity index (χ1v) is 3.63. The van der Waals surface area contributed by atoms with Crippen molar-refractivity contribution in [3.63, 3.8) is 0 Å². The zero-order valence-corrected chi connectivity index (χ0v) is 7.50. The van der Waals surface area contributed by atoms with Crippen molar-refractivity contribution in [1.82, 2.24) is 9.97 Å². The Morgan fingerprint density at radius 2 is 2.08 bits per heavy atom. The molecule has 0 saturated heterocycles. The standard InChI is InChI=1S/C7H13N5/c1-5-4-6(12(2)3)10-7(9-5)11-8/h4H,8H2,1-3H3,(H,9,10,11). The van der Waals surface area contributed by atoms with Gasteiger partial charge in [-0.25, -0.2) is 10.8 Å². The third-order valence-corrected chi connectivity index (χ3v) is 1.43. The van der Waals surface area contributed by atoms with Gasteiger partial charge in [0, 0.05) is 25.9 Å². The van der Waals surface area contributed by atoms with Crippen LogP contribution < -0.4 is 16.2 Å². The smallest absolute Gasteiger partial charge is 0.239 e. The van der Waals surface area contributed by atoms with E-state index in [2.05, 4.69) is 15.4 Å². The number of aryl methyl sites for hydroxylation is 1. The number of hydrogen-bond donors (Lipinski definition) is 2. The number of aromatic nitrogens is 2. The van der Waals surface area contributed by atoms with Crippen LogP contribution in [0, 0.1) is 6.92 Å². The molecule has 0 fully saturated rings. The molecule has 0 amide bonds. The number of hydrazine groups is 1. The van der Waals surface area contributed by atoms with E-state index in [1.807, 2.05) is 32.0 Å². The predicted octanol–water partition coefficient (Wildman–Crippen LogP) is 0.137. The highest BCUT2D eigenvalue weighted by Gasteiger charge is 2.01. The second kappa shape index (κ2) is 3.36. The van der Waals surface area contributed by atoms with Gasteiger partial charge in [-0.3, -0.25) is 5.43 Å². The molecule has 1 aromatic rings. The van der Waals surface area contributed by atoms with Gasteiger partial charge >= 0.3 is 0 Å². The Bertz CT molecular complexity index is 270. The summed E-state index contributed by atoms with van der Waals surface area (Å²) in [6, 6.07) is 1.89. The number of nitrogens with zero attached hydrogens (tertiary/aromatic N) is 3. The van der Waals surface area contributed by atoms with Gasteiger partial charge in [-0.05, 0) is 6.92 Å². The van der Waals surface area contributed by atoms with Gasteiger partial charge in [0.25, 0.3) is 0 Å². The van der Waals surface area contributed by atoms with Crippen LogP contribution in [0.5, 0.6) is 0 Å². The Kier molecular flexibility index (Phi) is 2.44. The Morgan fingerprint density at radius 1 is 1.42 bits per heavy atom. The van der Waals surface area contributed by atoms with Gasteiger partial charge in [0.1, 0.15) is 5.82 Å². The van der Waals surface area contributed by atoms with Crippen molar-refractivity contribution < 1.29 is 0 Å². The summed E-state index contributed by atoms with van der Waals surface area (Å²) in [7, 11) is 3.84. The van der Waals surface area contributed by atoms with Crippen LogP contribution in [0.25, 0.3) is 0 Å². The molecule has 5 nitrogen and oxygen atoms in total. The van der Waals surface area contributed by atoms with Gasteiger partial charge in [-0.2, -0.15) is 4.98 Å². The van der Waals surface area contributed by atoms with Crippen LogP contribution in [0.3, 0.4) is 0 Å². The quantitative estimate of drug-likeness (QED) is 0.484. The van der Waals surface area contributed by atoms with Crippen LogP contribution in [0.2, 0.25) is 0 Å². The molecular weight excluding hydrogens is 154 g/mol. The number of nitrogens with one attached hydrogen (secondary N) is 1. The Balaban J connectivity index is 3.06. The first-order chi connectivity index (χ1) is 5.63. The van der Waals surface area contributed by atoms with Crippen LogP contribution in [-0.2, 0) is 0 Å². The topological polar surface area (TPSA) is 67.1 Å². The van der Waals surface area contributed by atoms with Crippen LogP contribution in [0.4, 0.5) is 11.8 Å². The first-order valence-electron chi connectivity index (χ1n) is 3.63. The molecule has 0 aliphatic heterocycles. The molecular formula is C7H13N5. The summed E-state index contributed by atoms with van der Waals surface area (Å²) in [5.74, 6) is 6.48. The van der Waals surface area contributed by atoms with E-state index in [1.165, 1.54) is 0 Å². The van der Waals surface area contributed by atoms with E-state index in [0.29, 0.717) is 5.95 Å². The predicted molar refractivity (Wildman–Crippen MR) is 48.9 cm³/mol. The third-order valence-electron chi connectivity index (χ3n) is 1.43. The monoisotopic (exact) mass is 167 g/mol. The lowest BCUT2D eigenvalue weighted by molar-refractivity contribution is 1.01. The average Bonchev–Trinajstić information content (AvgIpc) is 2.03. The summed E-state index contributed by atoms with van der Waals surface area (Å²) in [5, 5.41) is 0. The second-order valence-corrected chi connectivity index (χ2v) is 2.73. The van der Waals surface area contributed by atoms with Crippen LogP contribution >= 0.6 is 0 Å². The third kappa shape index (κ3) is 1.82. The van der Waals surface area contributed by atoms with E-state index in [4.69, 9.17) is 5.84 Å². The maximum atomic E-state index is 5.19. The van der Waals surface area contributed by atoms with E-state index >= 15 is 0 Å². The Labute approximate surface area is 71.6 Å². The van der Waals surface area contributed by atoms with Crippen molar-refractivity contribution in [3.8, 4) is 0 Å². The number of rotatable bonds is 2. The van der Waals surface area contributed by atoms with Gasteiger partial charge in [0.05, 0.1) is 0 Å². The van der Waals surface area contributed by atoms with Gasteiger partial charge < -0.3 is 4.90 Å². The molecule has 0 atom stereocenters. The van der Waals surface area contributed by atoms with Gasteiger partial charge in [-0.1, -0.05) is 0 Å². The first kappa shape index (κ1) is 8.73. The Morgan fingerprint density at radius 3 is 2.58 bits per heavy atom. The molecule has 3 N–H and O–H groups in total. The number of hydrogen-bond acceptors (Lipinski definition) is 5. The maximum absolute atomic E-state index is 5.19. The molecule has 1 aromatic heterocycles. The zero-order valence-electron chi connectivity index (χ0n) is 7.50. The van der Waals surface area contributed by atoms with Crippen molar-refractivity contribution in [2.24, 2.45) is 5.84 Å². The molecule has 1 heterocycles. The van der Waals surface area contributed by atoms with Gasteiger partial charge in [0.15, 0.2) is 0 Å². The van der Waals surface area contributed by atoms with E-state index in [-0.39, 0.29) is 0 Å². The minimum atomic E-state index is 0.443. The van der Waals surface area contributed by atoms with Crippen molar-refractivity contribution in [2.75, 3.05) is 24.4 Å². The van der Waals surface area contributed by atoms with Crippen molar-refractivity contribution in [3.05, 3.63) is 11.8 Å². The fraction of sp³-hybridized carbons (Fsp3) is 0.429. The summed E-state index contributed by atoms with van der Waals surface area (Å²) in [5.41, 5.74) is 3.30. The van der Waals surface area contributed by atoms with E-state index in [9.17, 15) is 0 Å². The SMILES string of the molecule is Cc1cc(N(C)C)nc(NN)n1. The molecule has 0 bridgehead atoms. The molecule has 66 valence electrons. The fourth-order valence-corrected chi connectivity index (χ4v) is 0.846. The number of nitrogens with two attached hydrogens (primary N) is 1. The second-order valence-electron chi connectivity index (χ2n) is 2.73. The van der Waals surface area contributed by atoms with Gasteiger partial charge in [-0.15, -0.1) is 0 Å². The molecule has 0 aliphatic carbocycles. The molecule has 0 spiro atoms. The molecule has 0 aromatic carbocycles. The van der Waals surface area contributed by atoms with Crippen LogP contribution in [-0.4, -0.2) is 24.1 Å². The average molecular weight is 167 g/mol. The van der Waals surface area contributed by atoms with Crippen molar-refractivity contribution in [1.29, 1.82) is 0 Å². The van der Waals surface area contributed by atoms with Crippen molar-refractivity contribution in [2.45, 2.75) is 6.92 Å². The molecule has 12 heavy (non-hydrogen) atoms. The summed E-state index contributed by atoms with van der Waals surface area (Å²) in [4.78, 5) is 10.1. The van der Waals surface area contributed by atoms with Crippen molar-refractivity contribution >= 4 is 11.8 Å². The zero-order chi connectivity index (χ0) is 9.14. The Hall–Kier alpha value is -1.36. The lowest BCUT2D eigenvalue weighted by atomic mass is 10.4. The van der Waals surface area contributed by atoms with E-state index in [0.717, 1.165) is 11.5 Å². The van der Waals surface area contributed by atoms with E-state index < -0.39 is 0 Å². The molecule has 0 aliphatic rings. The molecule has 0 saturated carbocycles. The maximum Gasteiger partial charge on any atom is 0.239 e. The normalized spacial score (nSPS) is 9.67. The minimum absolute atomic E-state index is 0.443. The van der Waals surface area contributed by atoms with E-state index in [1.54, 1.807) is 0 Å². The highest BCUT2D eigenvalue weighted by Crippen LogP contribution is 2.10. The molecule has 0 radical (unpaired) electrons. The summed E-state index contributed by atoms with van der Waals surface area (Å²) in [6.07, 6.45) is 0. The summed E-state index contributed by atoms with van der Waals surface area (Å²) >= 11 is 0. The number of anilines is 2. The molecule has 0 unspecified atom stereocenters. The summed E-state index contributed by atoms with van der Waals surface area (Å²) in [6.45, 7) is 1.90. The fourth-order valence-electron chi connectivity index (χ4n) is 0.846. The lowest BCUT2D eigenvalue weighted by Gasteiger charge is -2.12. The highest BCUT2D eigenvalue weighted by atomic mass is 15.3. The minimum Gasteiger partial charge on any atom is -0.363 e. The molecule has 5 heteroatoms. The summed E-state index contributed by atoms with van der Waals surface area (Å²) < 4.78 is 0. The molecule has 1 rings (SSSR count). The van der Waals surface area contributed by atoms with Crippen LogP contribution in [0.15, 0.2) is 6.07 Å². The highest BCUT2D eigenvalue weighted by molar-refractivity contribution is 5.42.